The molecule has 0 spiro atoms. The summed E-state index contributed by atoms with van der Waals surface area (Å²) in [5, 5.41) is 2.86. The second-order valence-corrected chi connectivity index (χ2v) is 5.97. The minimum Gasteiger partial charge on any atom is -0.490 e. The molecule has 1 aliphatic rings. The number of H-pyrrole nitrogens is 1. The van der Waals surface area contributed by atoms with Crippen LogP contribution in [0, 0.1) is 11.6 Å². The lowest BCUT2D eigenvalue weighted by atomic mass is 9.93. The lowest BCUT2D eigenvalue weighted by Crippen LogP contribution is -2.40. The average Bonchev–Trinajstić information content (AvgIpc) is 2.56. The summed E-state index contributed by atoms with van der Waals surface area (Å²) in [4.78, 5) is 29.2. The molecule has 0 aliphatic heterocycles. The second kappa shape index (κ2) is 7.42. The number of amides is 1. The summed E-state index contributed by atoms with van der Waals surface area (Å²) in [6, 6.07) is 3.06. The van der Waals surface area contributed by atoms with Gasteiger partial charge < -0.3 is 15.0 Å². The van der Waals surface area contributed by atoms with Gasteiger partial charge in [-0.05, 0) is 25.7 Å². The Labute approximate surface area is 142 Å². The van der Waals surface area contributed by atoms with E-state index in [1.807, 2.05) is 0 Å². The van der Waals surface area contributed by atoms with E-state index in [4.69, 9.17) is 4.74 Å². The Kier molecular flexibility index (Phi) is 5.06. The Balaban J connectivity index is 1.50. The largest absolute Gasteiger partial charge is 0.490 e. The zero-order chi connectivity index (χ0) is 17.8. The van der Waals surface area contributed by atoms with E-state index in [0.29, 0.717) is 25.7 Å². The number of aromatic amines is 1. The fourth-order valence-electron chi connectivity index (χ4n) is 2.84. The molecule has 1 aromatic heterocycles. The number of aromatic nitrogens is 2. The fraction of sp³-hybridized carbons (Fsp3) is 0.353. The Morgan fingerprint density at radius 1 is 1.16 bits per heavy atom. The number of carbonyl (C=O) groups is 1. The van der Waals surface area contributed by atoms with Crippen molar-refractivity contribution >= 4 is 5.91 Å². The van der Waals surface area contributed by atoms with Gasteiger partial charge in [-0.15, -0.1) is 0 Å². The number of hydrogen-bond donors (Lipinski definition) is 2. The normalized spacial score (nSPS) is 20.1. The lowest BCUT2D eigenvalue weighted by molar-refractivity contribution is 0.0888. The predicted molar refractivity (Wildman–Crippen MR) is 85.4 cm³/mol. The van der Waals surface area contributed by atoms with Crippen molar-refractivity contribution < 1.29 is 18.3 Å². The summed E-state index contributed by atoms with van der Waals surface area (Å²) >= 11 is 0. The predicted octanol–water partition coefficient (Wildman–Crippen LogP) is 2.17. The molecular formula is C17H17F2N3O3. The molecule has 0 saturated heterocycles. The Morgan fingerprint density at radius 2 is 1.84 bits per heavy atom. The first kappa shape index (κ1) is 17.1. The molecule has 8 heteroatoms. The van der Waals surface area contributed by atoms with E-state index >= 15 is 0 Å². The van der Waals surface area contributed by atoms with E-state index in [0.717, 1.165) is 24.4 Å². The van der Waals surface area contributed by atoms with Crippen molar-refractivity contribution in [2.75, 3.05) is 0 Å². The minimum atomic E-state index is -0.677. The first-order valence-corrected chi connectivity index (χ1v) is 7.98. The molecule has 2 N–H and O–H groups in total. The van der Waals surface area contributed by atoms with Crippen LogP contribution in [0.25, 0.3) is 0 Å². The molecule has 6 nitrogen and oxygen atoms in total. The van der Waals surface area contributed by atoms with Crippen molar-refractivity contribution in [1.29, 1.82) is 0 Å². The van der Waals surface area contributed by atoms with Crippen LogP contribution in [0.3, 0.4) is 0 Å². The SMILES string of the molecule is O=C(NC1CCC(Oc2cc(F)cc(F)c2)CC1)c1c[nH]c(=O)cn1. The average molecular weight is 349 g/mol. The van der Waals surface area contributed by atoms with E-state index in [1.165, 1.54) is 6.20 Å². The maximum absolute atomic E-state index is 13.2. The van der Waals surface area contributed by atoms with Gasteiger partial charge in [-0.1, -0.05) is 0 Å². The Morgan fingerprint density at radius 3 is 2.44 bits per heavy atom. The molecule has 1 saturated carbocycles. The molecular weight excluding hydrogens is 332 g/mol. The number of halogens is 2. The van der Waals surface area contributed by atoms with E-state index in [9.17, 15) is 18.4 Å². The standard InChI is InChI=1S/C17H17F2N3O3/c18-10-5-11(19)7-14(6-10)25-13-3-1-12(2-4-13)22-17(24)15-8-21-16(23)9-20-15/h5-9,12-13H,1-4H2,(H,21,23)(H,22,24). The maximum Gasteiger partial charge on any atom is 0.271 e. The summed E-state index contributed by atoms with van der Waals surface area (Å²) in [6.45, 7) is 0. The Bertz CT molecular complexity index is 776. The highest BCUT2D eigenvalue weighted by Crippen LogP contribution is 2.25. The maximum atomic E-state index is 13.2. The van der Waals surface area contributed by atoms with Crippen molar-refractivity contribution in [1.82, 2.24) is 15.3 Å². The van der Waals surface area contributed by atoms with Gasteiger partial charge in [0.15, 0.2) is 0 Å². The highest BCUT2D eigenvalue weighted by Gasteiger charge is 2.24. The smallest absolute Gasteiger partial charge is 0.271 e. The first-order chi connectivity index (χ1) is 12.0. The number of ether oxygens (including phenoxy) is 1. The first-order valence-electron chi connectivity index (χ1n) is 7.98. The molecule has 1 heterocycles. The van der Waals surface area contributed by atoms with Crippen LogP contribution in [0.2, 0.25) is 0 Å². The van der Waals surface area contributed by atoms with Gasteiger partial charge in [-0.3, -0.25) is 9.59 Å². The van der Waals surface area contributed by atoms with Crippen molar-refractivity contribution in [2.45, 2.75) is 37.8 Å². The summed E-state index contributed by atoms with van der Waals surface area (Å²) in [5.74, 6) is -1.54. The van der Waals surface area contributed by atoms with Crippen molar-refractivity contribution in [3.05, 3.63) is 58.3 Å². The monoisotopic (exact) mass is 349 g/mol. The Hall–Kier alpha value is -2.77. The molecule has 0 bridgehead atoms. The number of nitrogens with one attached hydrogen (secondary N) is 2. The third-order valence-electron chi connectivity index (χ3n) is 4.05. The quantitative estimate of drug-likeness (QED) is 0.886. The number of nitrogens with zero attached hydrogens (tertiary/aromatic N) is 1. The van der Waals surface area contributed by atoms with Gasteiger partial charge in [0.2, 0.25) is 0 Å². The van der Waals surface area contributed by atoms with Crippen LogP contribution in [0.4, 0.5) is 8.78 Å². The molecule has 1 fully saturated rings. The number of rotatable bonds is 4. The molecule has 1 aromatic carbocycles. The summed E-state index contributed by atoms with van der Waals surface area (Å²) in [6.07, 6.45) is 4.84. The molecule has 0 radical (unpaired) electrons. The van der Waals surface area contributed by atoms with Crippen LogP contribution < -0.4 is 15.6 Å². The molecule has 3 rings (SSSR count). The van der Waals surface area contributed by atoms with Gasteiger partial charge in [-0.2, -0.15) is 0 Å². The molecule has 2 aromatic rings. The van der Waals surface area contributed by atoms with Gasteiger partial charge in [0, 0.05) is 30.4 Å². The zero-order valence-corrected chi connectivity index (χ0v) is 13.3. The molecule has 25 heavy (non-hydrogen) atoms. The molecule has 1 aliphatic carbocycles. The highest BCUT2D eigenvalue weighted by atomic mass is 19.1. The zero-order valence-electron chi connectivity index (χ0n) is 13.3. The van der Waals surface area contributed by atoms with Crippen LogP contribution in [0.15, 0.2) is 35.4 Å². The summed E-state index contributed by atoms with van der Waals surface area (Å²) < 4.78 is 32.0. The van der Waals surface area contributed by atoms with Crippen LogP contribution in [-0.4, -0.2) is 28.0 Å². The third kappa shape index (κ3) is 4.62. The number of hydrogen-bond acceptors (Lipinski definition) is 4. The van der Waals surface area contributed by atoms with Gasteiger partial charge in [0.05, 0.1) is 12.3 Å². The highest BCUT2D eigenvalue weighted by molar-refractivity contribution is 5.92. The fourth-order valence-corrected chi connectivity index (χ4v) is 2.84. The van der Waals surface area contributed by atoms with Gasteiger partial charge in [0.1, 0.15) is 23.1 Å². The van der Waals surface area contributed by atoms with E-state index in [2.05, 4.69) is 15.3 Å². The minimum absolute atomic E-state index is 0.0367. The topological polar surface area (TPSA) is 84.1 Å². The van der Waals surface area contributed by atoms with Gasteiger partial charge >= 0.3 is 0 Å². The summed E-state index contributed by atoms with van der Waals surface area (Å²) in [5.41, 5.74) is -0.226. The van der Waals surface area contributed by atoms with E-state index < -0.39 is 11.6 Å². The molecule has 1 amide bonds. The number of carbonyl (C=O) groups excluding carboxylic acids is 1. The van der Waals surface area contributed by atoms with Crippen molar-refractivity contribution in [3.63, 3.8) is 0 Å². The van der Waals surface area contributed by atoms with E-state index in [1.54, 1.807) is 0 Å². The van der Waals surface area contributed by atoms with Gasteiger partial charge in [-0.25, -0.2) is 13.8 Å². The third-order valence-corrected chi connectivity index (χ3v) is 4.05. The van der Waals surface area contributed by atoms with Crippen LogP contribution in [0.5, 0.6) is 5.75 Å². The van der Waals surface area contributed by atoms with Crippen LogP contribution >= 0.6 is 0 Å². The van der Waals surface area contributed by atoms with Crippen LogP contribution in [-0.2, 0) is 0 Å². The molecule has 0 unspecified atom stereocenters. The van der Waals surface area contributed by atoms with Crippen LogP contribution in [0.1, 0.15) is 36.2 Å². The lowest BCUT2D eigenvalue weighted by Gasteiger charge is -2.29. The second-order valence-electron chi connectivity index (χ2n) is 5.97. The number of benzene rings is 1. The van der Waals surface area contributed by atoms with Gasteiger partial charge in [0.25, 0.3) is 11.5 Å². The summed E-state index contributed by atoms with van der Waals surface area (Å²) in [7, 11) is 0. The molecule has 0 atom stereocenters. The molecule has 132 valence electrons. The van der Waals surface area contributed by atoms with E-state index in [-0.39, 0.29) is 35.1 Å². The van der Waals surface area contributed by atoms with Crippen molar-refractivity contribution in [2.24, 2.45) is 0 Å². The van der Waals surface area contributed by atoms with Crippen molar-refractivity contribution in [3.8, 4) is 5.75 Å².